The van der Waals surface area contributed by atoms with Crippen LogP contribution in [0, 0.1) is 0 Å². The zero-order valence-electron chi connectivity index (χ0n) is 14.7. The van der Waals surface area contributed by atoms with E-state index in [0.29, 0.717) is 23.7 Å². The van der Waals surface area contributed by atoms with Gasteiger partial charge < -0.3 is 20.6 Å². The van der Waals surface area contributed by atoms with Gasteiger partial charge in [-0.1, -0.05) is 29.8 Å². The van der Waals surface area contributed by atoms with Gasteiger partial charge in [-0.15, -0.1) is 0 Å². The van der Waals surface area contributed by atoms with Gasteiger partial charge in [-0.25, -0.2) is 0 Å². The lowest BCUT2D eigenvalue weighted by Crippen LogP contribution is -2.20. The summed E-state index contributed by atoms with van der Waals surface area (Å²) in [5, 5.41) is 15.4. The molecule has 2 aromatic carbocycles. The van der Waals surface area contributed by atoms with E-state index in [1.165, 1.54) is 12.8 Å². The standard InChI is InChI=1S/C20H24ClN3O2/c21-18-13-16(24-10-3-4-11-24)7-8-17(18)20(26)23-19-6-2-1-5-15(19)14-22-9-12-25/h1-2,5-8,13,22,25H,3-4,9-12,14H2,(H,23,26). The zero-order valence-corrected chi connectivity index (χ0v) is 15.4. The van der Waals surface area contributed by atoms with Gasteiger partial charge in [0.1, 0.15) is 0 Å². The molecule has 26 heavy (non-hydrogen) atoms. The number of nitrogens with zero attached hydrogens (tertiary/aromatic N) is 1. The molecular weight excluding hydrogens is 350 g/mol. The fourth-order valence-electron chi connectivity index (χ4n) is 3.15. The third-order valence-electron chi connectivity index (χ3n) is 4.54. The largest absolute Gasteiger partial charge is 0.395 e. The molecule has 0 aromatic heterocycles. The zero-order chi connectivity index (χ0) is 18.4. The fourth-order valence-corrected chi connectivity index (χ4v) is 3.41. The predicted molar refractivity (Wildman–Crippen MR) is 106 cm³/mol. The molecule has 1 saturated heterocycles. The van der Waals surface area contributed by atoms with Gasteiger partial charge in [0, 0.05) is 37.6 Å². The van der Waals surface area contributed by atoms with Crippen molar-refractivity contribution >= 4 is 28.9 Å². The third kappa shape index (κ3) is 4.55. The molecule has 0 aliphatic carbocycles. The minimum atomic E-state index is -0.224. The molecule has 1 heterocycles. The molecule has 1 amide bonds. The Morgan fingerprint density at radius 2 is 1.92 bits per heavy atom. The molecule has 3 rings (SSSR count). The van der Waals surface area contributed by atoms with E-state index in [0.717, 1.165) is 30.0 Å². The van der Waals surface area contributed by atoms with Crippen molar-refractivity contribution in [3.63, 3.8) is 0 Å². The first-order chi connectivity index (χ1) is 12.7. The topological polar surface area (TPSA) is 64.6 Å². The van der Waals surface area contributed by atoms with E-state index in [1.807, 2.05) is 36.4 Å². The molecule has 0 spiro atoms. The lowest BCUT2D eigenvalue weighted by Gasteiger charge is -2.18. The van der Waals surface area contributed by atoms with Crippen LogP contribution in [0.3, 0.4) is 0 Å². The van der Waals surface area contributed by atoms with Crippen molar-refractivity contribution in [3.05, 3.63) is 58.6 Å². The van der Waals surface area contributed by atoms with Crippen LogP contribution in [0.1, 0.15) is 28.8 Å². The Hall–Kier alpha value is -2.08. The maximum atomic E-state index is 12.7. The summed E-state index contributed by atoms with van der Waals surface area (Å²) in [7, 11) is 0. The second-order valence-corrected chi connectivity index (χ2v) is 6.78. The number of rotatable bonds is 7. The predicted octanol–water partition coefficient (Wildman–Crippen LogP) is 3.27. The van der Waals surface area contributed by atoms with E-state index >= 15 is 0 Å². The summed E-state index contributed by atoms with van der Waals surface area (Å²) in [6.45, 7) is 3.23. The van der Waals surface area contributed by atoms with Crippen molar-refractivity contribution in [2.45, 2.75) is 19.4 Å². The van der Waals surface area contributed by atoms with Gasteiger partial charge in [0.25, 0.3) is 5.91 Å². The highest BCUT2D eigenvalue weighted by atomic mass is 35.5. The van der Waals surface area contributed by atoms with E-state index in [-0.39, 0.29) is 12.5 Å². The first-order valence-corrected chi connectivity index (χ1v) is 9.32. The number of para-hydroxylation sites is 1. The number of aliphatic hydroxyl groups is 1. The first-order valence-electron chi connectivity index (χ1n) is 8.94. The van der Waals surface area contributed by atoms with Crippen LogP contribution in [-0.4, -0.2) is 37.3 Å². The number of nitrogens with one attached hydrogen (secondary N) is 2. The number of hydrogen-bond acceptors (Lipinski definition) is 4. The molecule has 2 aromatic rings. The summed E-state index contributed by atoms with van der Waals surface area (Å²) in [5.74, 6) is -0.224. The van der Waals surface area contributed by atoms with Gasteiger partial charge in [0.2, 0.25) is 0 Å². The van der Waals surface area contributed by atoms with Crippen molar-refractivity contribution in [1.29, 1.82) is 0 Å². The molecule has 0 unspecified atom stereocenters. The van der Waals surface area contributed by atoms with E-state index in [2.05, 4.69) is 15.5 Å². The number of carbonyl (C=O) groups is 1. The summed E-state index contributed by atoms with van der Waals surface area (Å²) in [5.41, 5.74) is 3.23. The van der Waals surface area contributed by atoms with Crippen LogP contribution in [0.4, 0.5) is 11.4 Å². The Kier molecular flexibility index (Phi) is 6.50. The van der Waals surface area contributed by atoms with E-state index < -0.39 is 0 Å². The molecule has 3 N–H and O–H groups in total. The molecule has 1 fully saturated rings. The summed E-state index contributed by atoms with van der Waals surface area (Å²) in [4.78, 5) is 15.0. The third-order valence-corrected chi connectivity index (χ3v) is 4.85. The monoisotopic (exact) mass is 373 g/mol. The minimum absolute atomic E-state index is 0.0769. The number of aliphatic hydroxyl groups excluding tert-OH is 1. The summed E-state index contributed by atoms with van der Waals surface area (Å²) >= 11 is 6.38. The smallest absolute Gasteiger partial charge is 0.257 e. The second kappa shape index (κ2) is 9.03. The number of anilines is 2. The van der Waals surface area contributed by atoms with Crippen LogP contribution in [0.15, 0.2) is 42.5 Å². The van der Waals surface area contributed by atoms with Gasteiger partial charge in [0.15, 0.2) is 0 Å². The highest BCUT2D eigenvalue weighted by Crippen LogP contribution is 2.27. The molecule has 0 radical (unpaired) electrons. The molecule has 0 atom stereocenters. The second-order valence-electron chi connectivity index (χ2n) is 6.37. The molecule has 1 aliphatic rings. The molecule has 138 valence electrons. The van der Waals surface area contributed by atoms with Crippen molar-refractivity contribution in [1.82, 2.24) is 5.32 Å². The van der Waals surface area contributed by atoms with Gasteiger partial charge >= 0.3 is 0 Å². The molecule has 1 aliphatic heterocycles. The highest BCUT2D eigenvalue weighted by Gasteiger charge is 2.17. The van der Waals surface area contributed by atoms with Crippen LogP contribution in [0.5, 0.6) is 0 Å². The van der Waals surface area contributed by atoms with Gasteiger partial charge in [-0.3, -0.25) is 4.79 Å². The molecule has 0 bridgehead atoms. The highest BCUT2D eigenvalue weighted by molar-refractivity contribution is 6.34. The number of hydrogen-bond donors (Lipinski definition) is 3. The van der Waals surface area contributed by atoms with Gasteiger partial charge in [0.05, 0.1) is 17.2 Å². The Labute approximate surface area is 159 Å². The van der Waals surface area contributed by atoms with Crippen molar-refractivity contribution < 1.29 is 9.90 Å². The number of halogens is 1. The maximum absolute atomic E-state index is 12.7. The average Bonchev–Trinajstić information content (AvgIpc) is 3.18. The number of carbonyl (C=O) groups excluding carboxylic acids is 1. The average molecular weight is 374 g/mol. The maximum Gasteiger partial charge on any atom is 0.257 e. The number of amides is 1. The Morgan fingerprint density at radius 3 is 2.65 bits per heavy atom. The van der Waals surface area contributed by atoms with Crippen LogP contribution < -0.4 is 15.5 Å². The summed E-state index contributed by atoms with van der Waals surface area (Å²) in [6.07, 6.45) is 2.39. The number of benzene rings is 2. The van der Waals surface area contributed by atoms with Crippen molar-refractivity contribution in [3.8, 4) is 0 Å². The van der Waals surface area contributed by atoms with Crippen LogP contribution in [0.2, 0.25) is 5.02 Å². The van der Waals surface area contributed by atoms with Crippen molar-refractivity contribution in [2.75, 3.05) is 36.5 Å². The van der Waals surface area contributed by atoms with Gasteiger partial charge in [-0.2, -0.15) is 0 Å². The summed E-state index contributed by atoms with van der Waals surface area (Å²) in [6, 6.07) is 13.2. The minimum Gasteiger partial charge on any atom is -0.395 e. The lowest BCUT2D eigenvalue weighted by molar-refractivity contribution is 0.102. The Bertz CT molecular complexity index is 760. The van der Waals surface area contributed by atoms with Crippen LogP contribution in [-0.2, 0) is 6.54 Å². The van der Waals surface area contributed by atoms with Gasteiger partial charge in [-0.05, 0) is 42.7 Å². The Morgan fingerprint density at radius 1 is 1.15 bits per heavy atom. The molecular formula is C20H24ClN3O2. The quantitative estimate of drug-likeness (QED) is 0.652. The Balaban J connectivity index is 1.72. The summed E-state index contributed by atoms with van der Waals surface area (Å²) < 4.78 is 0. The lowest BCUT2D eigenvalue weighted by atomic mass is 10.1. The van der Waals surface area contributed by atoms with Crippen LogP contribution >= 0.6 is 11.6 Å². The first kappa shape index (κ1) is 18.7. The fraction of sp³-hybridized carbons (Fsp3) is 0.350. The van der Waals surface area contributed by atoms with E-state index in [4.69, 9.17) is 16.7 Å². The van der Waals surface area contributed by atoms with Crippen molar-refractivity contribution in [2.24, 2.45) is 0 Å². The van der Waals surface area contributed by atoms with E-state index in [9.17, 15) is 4.79 Å². The SMILES string of the molecule is O=C(Nc1ccccc1CNCCO)c1ccc(N2CCCC2)cc1Cl. The molecule has 6 heteroatoms. The van der Waals surface area contributed by atoms with E-state index in [1.54, 1.807) is 6.07 Å². The molecule has 5 nitrogen and oxygen atoms in total. The molecule has 0 saturated carbocycles. The van der Waals surface area contributed by atoms with Crippen LogP contribution in [0.25, 0.3) is 0 Å². The normalized spacial score (nSPS) is 13.8.